The molecule has 12 heavy (non-hydrogen) atoms. The Kier molecular flexibility index (Phi) is 1.43. The van der Waals surface area contributed by atoms with Crippen LogP contribution in [0.1, 0.15) is 12.6 Å². The molecule has 0 aliphatic rings. The normalized spacial score (nSPS) is 10.8. The number of aryl methyl sites for hydroxylation is 1. The third-order valence-corrected chi connectivity index (χ3v) is 1.71. The summed E-state index contributed by atoms with van der Waals surface area (Å²) in [5.41, 5.74) is 0.735. The zero-order valence-electron chi connectivity index (χ0n) is 6.61. The van der Waals surface area contributed by atoms with Crippen LogP contribution in [0.4, 0.5) is 0 Å². The Morgan fingerprint density at radius 1 is 1.67 bits per heavy atom. The molecule has 2 rings (SSSR count). The van der Waals surface area contributed by atoms with Crippen LogP contribution in [0.3, 0.4) is 0 Å². The Balaban J connectivity index is 2.84. The lowest BCUT2D eigenvalue weighted by Crippen LogP contribution is -2.15. The maximum Gasteiger partial charge on any atom is 0.275 e. The minimum Gasteiger partial charge on any atom is -0.328 e. The molecule has 0 aliphatic heterocycles. The first-order valence-electron chi connectivity index (χ1n) is 3.73. The van der Waals surface area contributed by atoms with Crippen LogP contribution in [0.5, 0.6) is 0 Å². The summed E-state index contributed by atoms with van der Waals surface area (Å²) < 4.78 is 1.24. The monoisotopic (exact) mass is 164 g/mol. The van der Waals surface area contributed by atoms with Crippen molar-refractivity contribution >= 4 is 5.78 Å². The number of rotatable bonds is 1. The predicted octanol–water partition coefficient (Wildman–Crippen LogP) is -0.0200. The van der Waals surface area contributed by atoms with Gasteiger partial charge in [-0.05, 0) is 6.42 Å². The van der Waals surface area contributed by atoms with E-state index in [4.69, 9.17) is 0 Å². The number of fused-ring (bicyclic) bond motifs is 1. The molecule has 0 radical (unpaired) electrons. The number of nitrogens with one attached hydrogen (secondary N) is 1. The van der Waals surface area contributed by atoms with Crippen LogP contribution in [0, 0.1) is 0 Å². The van der Waals surface area contributed by atoms with Crippen LogP contribution in [0.2, 0.25) is 0 Å². The predicted molar refractivity (Wildman–Crippen MR) is 43.0 cm³/mol. The number of nitrogens with zero attached hydrogens (tertiary/aromatic N) is 3. The third kappa shape index (κ3) is 0.903. The fraction of sp³-hybridized carbons (Fsp3) is 0.286. The van der Waals surface area contributed by atoms with Crippen molar-refractivity contribution in [2.75, 3.05) is 0 Å². The van der Waals surface area contributed by atoms with Crippen LogP contribution in [0.25, 0.3) is 5.78 Å². The van der Waals surface area contributed by atoms with Crippen LogP contribution >= 0.6 is 0 Å². The molecular weight excluding hydrogens is 156 g/mol. The van der Waals surface area contributed by atoms with Gasteiger partial charge >= 0.3 is 0 Å². The van der Waals surface area contributed by atoms with Crippen molar-refractivity contribution in [3.05, 3.63) is 28.4 Å². The maximum atomic E-state index is 11.3. The molecule has 0 saturated heterocycles. The molecule has 2 aromatic heterocycles. The van der Waals surface area contributed by atoms with E-state index in [1.165, 1.54) is 16.9 Å². The van der Waals surface area contributed by atoms with Gasteiger partial charge in [0.25, 0.3) is 5.56 Å². The summed E-state index contributed by atoms with van der Waals surface area (Å²) in [6.07, 6.45) is 2.14. The molecule has 0 aliphatic carbocycles. The van der Waals surface area contributed by atoms with Gasteiger partial charge in [-0.2, -0.15) is 14.6 Å². The van der Waals surface area contributed by atoms with E-state index in [2.05, 4.69) is 15.1 Å². The van der Waals surface area contributed by atoms with E-state index < -0.39 is 0 Å². The Bertz CT molecular complexity index is 456. The van der Waals surface area contributed by atoms with Crippen molar-refractivity contribution < 1.29 is 0 Å². The van der Waals surface area contributed by atoms with Crippen LogP contribution in [-0.2, 0) is 6.42 Å². The van der Waals surface area contributed by atoms with E-state index in [-0.39, 0.29) is 5.56 Å². The molecule has 2 heterocycles. The van der Waals surface area contributed by atoms with Crippen LogP contribution in [0.15, 0.2) is 17.2 Å². The standard InChI is InChI=1S/C7H8N4O/c1-2-5-3-6(12)11-7(10-5)8-4-9-11/h3-4H,2H2,1H3,(H,8,9,10). The molecule has 0 unspecified atom stereocenters. The van der Waals surface area contributed by atoms with Gasteiger partial charge in [0, 0.05) is 11.8 Å². The Labute approximate surface area is 68.1 Å². The number of aromatic amines is 1. The molecule has 0 saturated carbocycles. The first kappa shape index (κ1) is 7.02. The molecule has 0 atom stereocenters. The average Bonchev–Trinajstić information content (AvgIpc) is 2.52. The highest BCUT2D eigenvalue weighted by Gasteiger charge is 2.00. The number of hydrogen-bond acceptors (Lipinski definition) is 3. The molecule has 0 bridgehead atoms. The zero-order chi connectivity index (χ0) is 8.55. The molecule has 5 heteroatoms. The van der Waals surface area contributed by atoms with E-state index in [1.807, 2.05) is 6.92 Å². The number of hydrogen-bond donors (Lipinski definition) is 1. The second-order valence-electron chi connectivity index (χ2n) is 2.48. The van der Waals surface area contributed by atoms with E-state index in [0.29, 0.717) is 5.78 Å². The highest BCUT2D eigenvalue weighted by atomic mass is 16.1. The van der Waals surface area contributed by atoms with Gasteiger partial charge in [-0.1, -0.05) is 6.92 Å². The Hall–Kier alpha value is -1.65. The topological polar surface area (TPSA) is 63.1 Å². The smallest absolute Gasteiger partial charge is 0.275 e. The van der Waals surface area contributed by atoms with Gasteiger partial charge < -0.3 is 4.98 Å². The molecule has 0 amide bonds. The lowest BCUT2D eigenvalue weighted by molar-refractivity contribution is 0.874. The second kappa shape index (κ2) is 2.44. The fourth-order valence-corrected chi connectivity index (χ4v) is 1.07. The zero-order valence-corrected chi connectivity index (χ0v) is 6.61. The molecule has 2 aromatic rings. The van der Waals surface area contributed by atoms with Crippen molar-refractivity contribution in [1.29, 1.82) is 0 Å². The molecule has 0 aromatic carbocycles. The van der Waals surface area contributed by atoms with E-state index in [1.54, 1.807) is 0 Å². The lowest BCUT2D eigenvalue weighted by atomic mass is 10.3. The van der Waals surface area contributed by atoms with Gasteiger partial charge in [0.2, 0.25) is 5.78 Å². The summed E-state index contributed by atoms with van der Waals surface area (Å²) in [4.78, 5) is 18.1. The highest BCUT2D eigenvalue weighted by Crippen LogP contribution is 1.93. The minimum atomic E-state index is -0.141. The average molecular weight is 164 g/mol. The Morgan fingerprint density at radius 2 is 2.50 bits per heavy atom. The summed E-state index contributed by atoms with van der Waals surface area (Å²) in [5, 5.41) is 3.76. The summed E-state index contributed by atoms with van der Waals surface area (Å²) in [5.74, 6) is 0.499. The fourth-order valence-electron chi connectivity index (χ4n) is 1.07. The van der Waals surface area contributed by atoms with Gasteiger partial charge in [-0.15, -0.1) is 0 Å². The van der Waals surface area contributed by atoms with Crippen molar-refractivity contribution in [1.82, 2.24) is 19.6 Å². The number of aromatic nitrogens is 4. The first-order chi connectivity index (χ1) is 5.81. The van der Waals surface area contributed by atoms with Crippen molar-refractivity contribution in [2.24, 2.45) is 0 Å². The maximum absolute atomic E-state index is 11.3. The minimum absolute atomic E-state index is 0.141. The summed E-state index contributed by atoms with van der Waals surface area (Å²) in [6, 6.07) is 1.53. The van der Waals surface area contributed by atoms with Crippen molar-refractivity contribution in [3.63, 3.8) is 0 Å². The van der Waals surface area contributed by atoms with Gasteiger partial charge in [0.15, 0.2) is 0 Å². The van der Waals surface area contributed by atoms with Gasteiger partial charge in [-0.25, -0.2) is 0 Å². The van der Waals surface area contributed by atoms with Crippen LogP contribution < -0.4 is 5.56 Å². The quantitative estimate of drug-likeness (QED) is 0.644. The SMILES string of the molecule is CCc1cc(=O)n2ncnc2[nH]1. The van der Waals surface area contributed by atoms with Crippen molar-refractivity contribution in [2.45, 2.75) is 13.3 Å². The van der Waals surface area contributed by atoms with Gasteiger partial charge in [0.1, 0.15) is 6.33 Å². The summed E-state index contributed by atoms with van der Waals surface area (Å²) >= 11 is 0. The van der Waals surface area contributed by atoms with Crippen LogP contribution in [-0.4, -0.2) is 19.6 Å². The second-order valence-corrected chi connectivity index (χ2v) is 2.48. The van der Waals surface area contributed by atoms with Crippen molar-refractivity contribution in [3.8, 4) is 0 Å². The van der Waals surface area contributed by atoms with Gasteiger partial charge in [0.05, 0.1) is 0 Å². The first-order valence-corrected chi connectivity index (χ1v) is 3.73. The molecule has 1 N–H and O–H groups in total. The molecule has 0 spiro atoms. The summed E-state index contributed by atoms with van der Waals surface area (Å²) in [6.45, 7) is 1.97. The van der Waals surface area contributed by atoms with E-state index in [0.717, 1.165) is 12.1 Å². The highest BCUT2D eigenvalue weighted by molar-refractivity contribution is 5.25. The molecular formula is C7H8N4O. The van der Waals surface area contributed by atoms with E-state index in [9.17, 15) is 4.79 Å². The third-order valence-electron chi connectivity index (χ3n) is 1.71. The number of H-pyrrole nitrogens is 1. The molecule has 5 nitrogen and oxygen atoms in total. The summed E-state index contributed by atoms with van der Waals surface area (Å²) in [7, 11) is 0. The van der Waals surface area contributed by atoms with Gasteiger partial charge in [-0.3, -0.25) is 4.79 Å². The van der Waals surface area contributed by atoms with E-state index >= 15 is 0 Å². The Morgan fingerprint density at radius 3 is 3.25 bits per heavy atom. The lowest BCUT2D eigenvalue weighted by Gasteiger charge is -1.95. The largest absolute Gasteiger partial charge is 0.328 e. The molecule has 62 valence electrons. The molecule has 0 fully saturated rings.